The van der Waals surface area contributed by atoms with Crippen LogP contribution in [-0.2, 0) is 4.79 Å². The van der Waals surface area contributed by atoms with Gasteiger partial charge in [0.1, 0.15) is 18.0 Å². The monoisotopic (exact) mass is 280 g/mol. The van der Waals surface area contributed by atoms with Gasteiger partial charge in [-0.2, -0.15) is 0 Å². The van der Waals surface area contributed by atoms with Gasteiger partial charge in [-0.05, 0) is 19.8 Å². The van der Waals surface area contributed by atoms with E-state index < -0.39 is 5.41 Å². The molecule has 0 aliphatic heterocycles. The van der Waals surface area contributed by atoms with Crippen LogP contribution >= 0.6 is 0 Å². The van der Waals surface area contributed by atoms with Crippen molar-refractivity contribution in [1.29, 1.82) is 0 Å². The maximum Gasteiger partial charge on any atom is 0.227 e. The van der Waals surface area contributed by atoms with E-state index >= 15 is 0 Å². The molecule has 0 atom stereocenters. The molecule has 112 valence electrons. The largest absolute Gasteiger partial charge is 0.369 e. The third-order valence-electron chi connectivity index (χ3n) is 3.14. The summed E-state index contributed by atoms with van der Waals surface area (Å²) in [6.45, 7) is 8.28. The summed E-state index contributed by atoms with van der Waals surface area (Å²) in [7, 11) is 1.63. The lowest BCUT2D eigenvalue weighted by molar-refractivity contribution is -0.128. The fraction of sp³-hybridized carbons (Fsp3) is 0.615. The van der Waals surface area contributed by atoms with Crippen molar-refractivity contribution in [3.8, 4) is 0 Å². The van der Waals surface area contributed by atoms with Gasteiger partial charge in [0.25, 0.3) is 0 Å². The second kappa shape index (κ2) is 6.51. The number of anilines is 2. The first-order chi connectivity index (χ1) is 9.33. The van der Waals surface area contributed by atoms with Crippen LogP contribution in [0.15, 0.2) is 6.33 Å². The molecule has 1 aromatic rings. The second-order valence-electron chi connectivity index (χ2n) is 5.60. The average molecular weight is 280 g/mol. The fourth-order valence-electron chi connectivity index (χ4n) is 1.92. The van der Waals surface area contributed by atoms with Crippen molar-refractivity contribution in [1.82, 2.24) is 15.3 Å². The number of carbonyl (C=O) groups is 1. The molecular weight excluding hydrogens is 256 g/mol. The zero-order valence-electron chi connectivity index (χ0n) is 12.7. The number of nitrogens with zero attached hydrogens (tertiary/aromatic N) is 2. The number of hydrogen-bond acceptors (Lipinski definition) is 6. The molecule has 1 aromatic heterocycles. The van der Waals surface area contributed by atoms with Gasteiger partial charge in [0.2, 0.25) is 5.91 Å². The Morgan fingerprint density at radius 1 is 1.35 bits per heavy atom. The van der Waals surface area contributed by atoms with E-state index in [0.717, 1.165) is 5.56 Å². The lowest BCUT2D eigenvalue weighted by Crippen LogP contribution is -2.39. The van der Waals surface area contributed by atoms with E-state index in [2.05, 4.69) is 26.0 Å². The smallest absolute Gasteiger partial charge is 0.227 e. The Kier molecular flexibility index (Phi) is 5.26. The average Bonchev–Trinajstić information content (AvgIpc) is 2.43. The van der Waals surface area contributed by atoms with Gasteiger partial charge >= 0.3 is 0 Å². The first kappa shape index (κ1) is 16.2. The Labute approximate surface area is 119 Å². The molecule has 0 fully saturated rings. The summed E-state index contributed by atoms with van der Waals surface area (Å²) in [4.78, 5) is 20.1. The van der Waals surface area contributed by atoms with Gasteiger partial charge in [0.15, 0.2) is 0 Å². The summed E-state index contributed by atoms with van der Waals surface area (Å²) in [5.74, 6) is 6.94. The SMILES string of the molecule is CNC(=O)C(C)(C)CNc1ncnc(NN)c1C(C)C. The van der Waals surface area contributed by atoms with Crippen LogP contribution < -0.4 is 21.9 Å². The number of nitrogens with two attached hydrogens (primary N) is 1. The second-order valence-corrected chi connectivity index (χ2v) is 5.60. The van der Waals surface area contributed by atoms with Crippen LogP contribution in [0.4, 0.5) is 11.6 Å². The fourth-order valence-corrected chi connectivity index (χ4v) is 1.92. The molecule has 1 heterocycles. The van der Waals surface area contributed by atoms with Crippen LogP contribution in [0.1, 0.15) is 39.2 Å². The molecule has 0 spiro atoms. The number of carbonyl (C=O) groups excluding carboxylic acids is 1. The summed E-state index contributed by atoms with van der Waals surface area (Å²) in [6.07, 6.45) is 1.44. The van der Waals surface area contributed by atoms with E-state index in [1.54, 1.807) is 7.05 Å². The summed E-state index contributed by atoms with van der Waals surface area (Å²) >= 11 is 0. The van der Waals surface area contributed by atoms with Crippen LogP contribution in [0.5, 0.6) is 0 Å². The molecule has 0 saturated heterocycles. The number of hydrazine groups is 1. The van der Waals surface area contributed by atoms with Gasteiger partial charge in [0, 0.05) is 19.2 Å². The number of aromatic nitrogens is 2. The predicted molar refractivity (Wildman–Crippen MR) is 80.3 cm³/mol. The highest BCUT2D eigenvalue weighted by Gasteiger charge is 2.27. The molecule has 0 unspecified atom stereocenters. The Balaban J connectivity index is 2.96. The highest BCUT2D eigenvalue weighted by atomic mass is 16.2. The minimum absolute atomic E-state index is 0.0256. The minimum atomic E-state index is -0.537. The Morgan fingerprint density at radius 3 is 2.45 bits per heavy atom. The van der Waals surface area contributed by atoms with Crippen LogP contribution in [0, 0.1) is 5.41 Å². The molecule has 1 amide bonds. The van der Waals surface area contributed by atoms with Gasteiger partial charge in [-0.25, -0.2) is 15.8 Å². The van der Waals surface area contributed by atoms with Crippen LogP contribution in [0.2, 0.25) is 0 Å². The third-order valence-corrected chi connectivity index (χ3v) is 3.14. The van der Waals surface area contributed by atoms with E-state index in [0.29, 0.717) is 18.2 Å². The highest BCUT2D eigenvalue weighted by molar-refractivity contribution is 5.82. The number of amides is 1. The summed E-state index contributed by atoms with van der Waals surface area (Å²) in [5, 5.41) is 5.87. The molecule has 5 N–H and O–H groups in total. The van der Waals surface area contributed by atoms with Crippen LogP contribution in [-0.4, -0.2) is 29.5 Å². The third kappa shape index (κ3) is 3.57. The van der Waals surface area contributed by atoms with E-state index in [1.165, 1.54) is 6.33 Å². The lowest BCUT2D eigenvalue weighted by Gasteiger charge is -2.24. The molecule has 0 saturated carbocycles. The van der Waals surface area contributed by atoms with Crippen LogP contribution in [0.3, 0.4) is 0 Å². The number of hydrogen-bond donors (Lipinski definition) is 4. The van der Waals surface area contributed by atoms with Crippen molar-refractivity contribution >= 4 is 17.5 Å². The van der Waals surface area contributed by atoms with Crippen LogP contribution in [0.25, 0.3) is 0 Å². The molecule has 0 aliphatic carbocycles. The zero-order valence-corrected chi connectivity index (χ0v) is 12.7. The molecule has 1 rings (SSSR count). The van der Waals surface area contributed by atoms with Gasteiger partial charge in [-0.1, -0.05) is 13.8 Å². The van der Waals surface area contributed by atoms with E-state index in [9.17, 15) is 4.79 Å². The number of nitrogens with one attached hydrogen (secondary N) is 3. The van der Waals surface area contributed by atoms with Crippen molar-refractivity contribution in [2.24, 2.45) is 11.3 Å². The Hall–Kier alpha value is -1.89. The zero-order chi connectivity index (χ0) is 15.3. The van der Waals surface area contributed by atoms with E-state index in [1.807, 2.05) is 27.7 Å². The van der Waals surface area contributed by atoms with Gasteiger partial charge < -0.3 is 16.1 Å². The molecule has 20 heavy (non-hydrogen) atoms. The molecular formula is C13H24N6O. The highest BCUT2D eigenvalue weighted by Crippen LogP contribution is 2.28. The quantitative estimate of drug-likeness (QED) is 0.459. The lowest BCUT2D eigenvalue weighted by atomic mass is 9.92. The normalized spacial score (nSPS) is 11.3. The molecule has 7 heteroatoms. The molecule has 7 nitrogen and oxygen atoms in total. The van der Waals surface area contributed by atoms with E-state index in [4.69, 9.17) is 5.84 Å². The standard InChI is InChI=1S/C13H24N6O/c1-8(2)9-10(17-7-18-11(9)19-14)16-6-13(3,4)12(20)15-5/h7-8H,6,14H2,1-5H3,(H,15,20)(H2,16,17,18,19). The van der Waals surface area contributed by atoms with Crippen molar-refractivity contribution < 1.29 is 4.79 Å². The summed E-state index contributed by atoms with van der Waals surface area (Å²) < 4.78 is 0. The first-order valence-corrected chi connectivity index (χ1v) is 6.61. The summed E-state index contributed by atoms with van der Waals surface area (Å²) in [6, 6.07) is 0. The van der Waals surface area contributed by atoms with Gasteiger partial charge in [-0.3, -0.25) is 4.79 Å². The van der Waals surface area contributed by atoms with Gasteiger partial charge in [0.05, 0.1) is 5.41 Å². The van der Waals surface area contributed by atoms with Crippen molar-refractivity contribution in [2.75, 3.05) is 24.3 Å². The Bertz CT molecular complexity index is 472. The number of nitrogen functional groups attached to an aromatic ring is 1. The molecule has 0 radical (unpaired) electrons. The van der Waals surface area contributed by atoms with E-state index in [-0.39, 0.29) is 11.8 Å². The van der Waals surface area contributed by atoms with Crippen molar-refractivity contribution in [3.63, 3.8) is 0 Å². The summed E-state index contributed by atoms with van der Waals surface area (Å²) in [5.41, 5.74) is 2.95. The van der Waals surface area contributed by atoms with Crippen molar-refractivity contribution in [3.05, 3.63) is 11.9 Å². The Morgan fingerprint density at radius 2 is 1.95 bits per heavy atom. The van der Waals surface area contributed by atoms with Gasteiger partial charge in [-0.15, -0.1) is 0 Å². The molecule has 0 aromatic carbocycles. The first-order valence-electron chi connectivity index (χ1n) is 6.61. The molecule has 0 aliphatic rings. The maximum atomic E-state index is 11.8. The maximum absolute atomic E-state index is 11.8. The predicted octanol–water partition coefficient (Wildman–Crippen LogP) is 1.07. The number of rotatable bonds is 6. The molecule has 0 bridgehead atoms. The van der Waals surface area contributed by atoms with Crippen molar-refractivity contribution in [2.45, 2.75) is 33.6 Å². The topological polar surface area (TPSA) is 105 Å². The minimum Gasteiger partial charge on any atom is -0.369 e.